The van der Waals surface area contributed by atoms with Crippen molar-refractivity contribution in [1.82, 2.24) is 10.2 Å². The highest BCUT2D eigenvalue weighted by Crippen LogP contribution is 2.26. The highest BCUT2D eigenvalue weighted by atomic mass is 16.2. The predicted octanol–water partition coefficient (Wildman–Crippen LogP) is 2.35. The molecule has 2 unspecified atom stereocenters. The van der Waals surface area contributed by atoms with Gasteiger partial charge in [-0.05, 0) is 31.9 Å². The van der Waals surface area contributed by atoms with E-state index >= 15 is 0 Å². The van der Waals surface area contributed by atoms with Crippen molar-refractivity contribution in [1.29, 1.82) is 0 Å². The molecular weight excluding hydrogens is 236 g/mol. The molecule has 1 aliphatic heterocycles. The summed E-state index contributed by atoms with van der Waals surface area (Å²) in [4.78, 5) is 14.8. The summed E-state index contributed by atoms with van der Waals surface area (Å²) in [6.45, 7) is 3.82. The molecule has 1 amide bonds. The molecule has 2 aliphatic rings. The Kier molecular flexibility index (Phi) is 3.56. The summed E-state index contributed by atoms with van der Waals surface area (Å²) >= 11 is 0. The summed E-state index contributed by atoms with van der Waals surface area (Å²) in [5.41, 5.74) is 2.03. The van der Waals surface area contributed by atoms with E-state index in [2.05, 4.69) is 17.1 Å². The maximum absolute atomic E-state index is 12.7. The molecule has 3 heteroatoms. The molecule has 1 saturated heterocycles. The van der Waals surface area contributed by atoms with Gasteiger partial charge in [0.1, 0.15) is 0 Å². The fraction of sp³-hybridized carbons (Fsp3) is 0.562. The summed E-state index contributed by atoms with van der Waals surface area (Å²) in [6, 6.07) is 8.87. The number of aryl methyl sites for hydroxylation is 1. The van der Waals surface area contributed by atoms with Gasteiger partial charge in [-0.25, -0.2) is 0 Å². The van der Waals surface area contributed by atoms with Crippen LogP contribution in [0.1, 0.15) is 41.6 Å². The summed E-state index contributed by atoms with van der Waals surface area (Å²) in [6.07, 6.45) is 4.90. The first kappa shape index (κ1) is 12.7. The van der Waals surface area contributed by atoms with Crippen molar-refractivity contribution < 1.29 is 4.79 Å². The zero-order valence-electron chi connectivity index (χ0n) is 11.6. The van der Waals surface area contributed by atoms with Gasteiger partial charge >= 0.3 is 0 Å². The van der Waals surface area contributed by atoms with Gasteiger partial charge in [-0.1, -0.05) is 30.5 Å². The number of hydrogen-bond donors (Lipinski definition) is 1. The first-order valence-corrected chi connectivity index (χ1v) is 7.37. The number of fused-ring (bicyclic) bond motifs is 1. The third kappa shape index (κ3) is 2.52. The van der Waals surface area contributed by atoms with E-state index in [1.54, 1.807) is 0 Å². The third-order valence-electron chi connectivity index (χ3n) is 4.45. The zero-order chi connectivity index (χ0) is 13.2. The second kappa shape index (κ2) is 5.33. The summed E-state index contributed by atoms with van der Waals surface area (Å²) < 4.78 is 0. The van der Waals surface area contributed by atoms with Crippen molar-refractivity contribution >= 4 is 5.91 Å². The Morgan fingerprint density at radius 2 is 1.95 bits per heavy atom. The van der Waals surface area contributed by atoms with Gasteiger partial charge in [-0.15, -0.1) is 0 Å². The molecule has 1 heterocycles. The van der Waals surface area contributed by atoms with Crippen LogP contribution in [0.3, 0.4) is 0 Å². The quantitative estimate of drug-likeness (QED) is 0.838. The molecule has 1 saturated carbocycles. The maximum Gasteiger partial charge on any atom is 0.254 e. The SMILES string of the molecule is Cc1ccc(C(=O)N2CCNC3CCCCC32)cc1. The van der Waals surface area contributed by atoms with Crippen molar-refractivity contribution in [2.75, 3.05) is 13.1 Å². The van der Waals surface area contributed by atoms with Gasteiger partial charge in [0.25, 0.3) is 5.91 Å². The topological polar surface area (TPSA) is 32.3 Å². The normalized spacial score (nSPS) is 26.9. The Hall–Kier alpha value is -1.35. The second-order valence-corrected chi connectivity index (χ2v) is 5.78. The van der Waals surface area contributed by atoms with Gasteiger partial charge in [0, 0.05) is 30.7 Å². The molecule has 0 radical (unpaired) electrons. The van der Waals surface area contributed by atoms with Crippen LogP contribution in [0.4, 0.5) is 0 Å². The van der Waals surface area contributed by atoms with Gasteiger partial charge < -0.3 is 10.2 Å². The van der Waals surface area contributed by atoms with Gasteiger partial charge in [0.05, 0.1) is 0 Å². The van der Waals surface area contributed by atoms with Gasteiger partial charge in [-0.2, -0.15) is 0 Å². The number of carbonyl (C=O) groups excluding carboxylic acids is 1. The van der Waals surface area contributed by atoms with Crippen LogP contribution < -0.4 is 5.32 Å². The molecule has 0 spiro atoms. The number of carbonyl (C=O) groups is 1. The average Bonchev–Trinajstić information content (AvgIpc) is 2.47. The van der Waals surface area contributed by atoms with Crippen LogP contribution in [0.2, 0.25) is 0 Å². The largest absolute Gasteiger partial charge is 0.333 e. The van der Waals surface area contributed by atoms with Gasteiger partial charge in [-0.3, -0.25) is 4.79 Å². The van der Waals surface area contributed by atoms with E-state index in [1.165, 1.54) is 24.8 Å². The number of piperazine rings is 1. The molecule has 0 aromatic heterocycles. The number of hydrogen-bond acceptors (Lipinski definition) is 2. The van der Waals surface area contributed by atoms with E-state index in [0.717, 1.165) is 25.1 Å². The Morgan fingerprint density at radius 3 is 2.74 bits per heavy atom. The van der Waals surface area contributed by atoms with Crippen LogP contribution in [0.5, 0.6) is 0 Å². The van der Waals surface area contributed by atoms with Crippen LogP contribution in [0, 0.1) is 6.92 Å². The van der Waals surface area contributed by atoms with Crippen LogP contribution in [0.15, 0.2) is 24.3 Å². The Bertz CT molecular complexity index is 452. The van der Waals surface area contributed by atoms with Crippen LogP contribution >= 0.6 is 0 Å². The molecule has 2 atom stereocenters. The number of nitrogens with zero attached hydrogens (tertiary/aromatic N) is 1. The Labute approximate surface area is 115 Å². The van der Waals surface area contributed by atoms with Crippen LogP contribution in [0.25, 0.3) is 0 Å². The van der Waals surface area contributed by atoms with Gasteiger partial charge in [0.2, 0.25) is 0 Å². The molecule has 3 nitrogen and oxygen atoms in total. The van der Waals surface area contributed by atoms with E-state index in [1.807, 2.05) is 24.3 Å². The number of amides is 1. The third-order valence-corrected chi connectivity index (χ3v) is 4.45. The Balaban J connectivity index is 1.79. The minimum Gasteiger partial charge on any atom is -0.333 e. The van der Waals surface area contributed by atoms with E-state index in [-0.39, 0.29) is 5.91 Å². The molecule has 19 heavy (non-hydrogen) atoms. The van der Waals surface area contributed by atoms with Crippen molar-refractivity contribution in [3.8, 4) is 0 Å². The first-order chi connectivity index (χ1) is 9.25. The summed E-state index contributed by atoms with van der Waals surface area (Å²) in [5.74, 6) is 0.207. The van der Waals surface area contributed by atoms with Crippen molar-refractivity contribution in [2.24, 2.45) is 0 Å². The maximum atomic E-state index is 12.7. The zero-order valence-corrected chi connectivity index (χ0v) is 11.6. The fourth-order valence-electron chi connectivity index (χ4n) is 3.37. The predicted molar refractivity (Wildman–Crippen MR) is 76.3 cm³/mol. The molecule has 1 aliphatic carbocycles. The van der Waals surface area contributed by atoms with Crippen LogP contribution in [-0.2, 0) is 0 Å². The number of rotatable bonds is 1. The lowest BCUT2D eigenvalue weighted by Gasteiger charge is -2.44. The van der Waals surface area contributed by atoms with E-state index in [9.17, 15) is 4.79 Å². The molecule has 2 fully saturated rings. The molecule has 1 aromatic rings. The lowest BCUT2D eigenvalue weighted by Crippen LogP contribution is -2.60. The number of nitrogens with one attached hydrogen (secondary N) is 1. The first-order valence-electron chi connectivity index (χ1n) is 7.37. The Morgan fingerprint density at radius 1 is 1.21 bits per heavy atom. The minimum absolute atomic E-state index is 0.207. The van der Waals surface area contributed by atoms with Crippen molar-refractivity contribution in [3.05, 3.63) is 35.4 Å². The summed E-state index contributed by atoms with van der Waals surface area (Å²) in [7, 11) is 0. The number of benzene rings is 1. The van der Waals surface area contributed by atoms with Crippen molar-refractivity contribution in [2.45, 2.75) is 44.7 Å². The van der Waals surface area contributed by atoms with Gasteiger partial charge in [0.15, 0.2) is 0 Å². The smallest absolute Gasteiger partial charge is 0.254 e. The molecule has 3 rings (SSSR count). The van der Waals surface area contributed by atoms with Crippen LogP contribution in [-0.4, -0.2) is 36.0 Å². The molecule has 1 N–H and O–H groups in total. The fourth-order valence-corrected chi connectivity index (χ4v) is 3.37. The lowest BCUT2D eigenvalue weighted by molar-refractivity contribution is 0.0489. The highest BCUT2D eigenvalue weighted by Gasteiger charge is 2.35. The highest BCUT2D eigenvalue weighted by molar-refractivity contribution is 5.94. The average molecular weight is 258 g/mol. The monoisotopic (exact) mass is 258 g/mol. The standard InChI is InChI=1S/C16H22N2O/c1-12-6-8-13(9-7-12)16(19)18-11-10-17-14-4-2-3-5-15(14)18/h6-9,14-15,17H,2-5,10-11H2,1H3. The molecule has 0 bridgehead atoms. The molecule has 102 valence electrons. The second-order valence-electron chi connectivity index (χ2n) is 5.78. The van der Waals surface area contributed by atoms with E-state index in [4.69, 9.17) is 0 Å². The summed E-state index contributed by atoms with van der Waals surface area (Å²) in [5, 5.41) is 3.57. The molecular formula is C16H22N2O. The van der Waals surface area contributed by atoms with E-state index in [0.29, 0.717) is 12.1 Å². The minimum atomic E-state index is 0.207. The van der Waals surface area contributed by atoms with E-state index < -0.39 is 0 Å². The lowest BCUT2D eigenvalue weighted by atomic mass is 9.87. The molecule has 1 aromatic carbocycles. The van der Waals surface area contributed by atoms with Crippen molar-refractivity contribution in [3.63, 3.8) is 0 Å².